The topological polar surface area (TPSA) is 41.5 Å². The minimum atomic E-state index is -1.08. The lowest BCUT2D eigenvalue weighted by molar-refractivity contribution is 0.171. The maximum Gasteiger partial charge on any atom is 0.145 e. The van der Waals surface area contributed by atoms with Gasteiger partial charge < -0.3 is 15.2 Å². The monoisotopic (exact) mass is 385 g/mol. The van der Waals surface area contributed by atoms with Crippen molar-refractivity contribution in [1.82, 2.24) is 5.32 Å². The van der Waals surface area contributed by atoms with Crippen LogP contribution in [0.4, 0.5) is 8.78 Å². The van der Waals surface area contributed by atoms with Gasteiger partial charge in [-0.05, 0) is 29.8 Å². The standard InChI is InChI=1S/C18H15Cl2F2NO2/c19-12-4-11-3-10(9-25-18(11)15(20)5-12)7-23-8-17(24)14-2-1-13(21)6-16(14)22/h1-6,17,23-24H,7-9H2. The van der Waals surface area contributed by atoms with E-state index in [0.29, 0.717) is 28.9 Å². The van der Waals surface area contributed by atoms with E-state index in [9.17, 15) is 13.9 Å². The summed E-state index contributed by atoms with van der Waals surface area (Å²) in [6, 6.07) is 6.47. The van der Waals surface area contributed by atoms with E-state index >= 15 is 0 Å². The van der Waals surface area contributed by atoms with Crippen LogP contribution in [0.3, 0.4) is 0 Å². The summed E-state index contributed by atoms with van der Waals surface area (Å²) < 4.78 is 32.2. The largest absolute Gasteiger partial charge is 0.487 e. The summed E-state index contributed by atoms with van der Waals surface area (Å²) in [5.74, 6) is -0.863. The minimum absolute atomic E-state index is 0.0479. The molecule has 0 spiro atoms. The van der Waals surface area contributed by atoms with E-state index in [0.717, 1.165) is 23.3 Å². The molecular weight excluding hydrogens is 371 g/mol. The molecule has 3 rings (SSSR count). The number of benzene rings is 2. The van der Waals surface area contributed by atoms with Crippen LogP contribution in [0.5, 0.6) is 5.75 Å². The molecule has 2 N–H and O–H groups in total. The lowest BCUT2D eigenvalue weighted by atomic mass is 10.1. The van der Waals surface area contributed by atoms with Crippen LogP contribution in [0.15, 0.2) is 35.9 Å². The molecule has 0 saturated heterocycles. The molecule has 7 heteroatoms. The molecule has 2 aromatic rings. The summed E-state index contributed by atoms with van der Waals surface area (Å²) in [6.07, 6.45) is 0.830. The van der Waals surface area contributed by atoms with Crippen LogP contribution in [-0.2, 0) is 0 Å². The second-order valence-corrected chi connectivity index (χ2v) is 6.55. The van der Waals surface area contributed by atoms with Gasteiger partial charge in [0.2, 0.25) is 0 Å². The zero-order chi connectivity index (χ0) is 18.0. The molecule has 2 aromatic carbocycles. The van der Waals surface area contributed by atoms with Crippen LogP contribution < -0.4 is 10.1 Å². The SMILES string of the molecule is OC(CNCC1=Cc2cc(Cl)cc(Cl)c2OC1)c1ccc(F)cc1F. The van der Waals surface area contributed by atoms with Crippen LogP contribution in [-0.4, -0.2) is 24.8 Å². The van der Waals surface area contributed by atoms with Crippen LogP contribution in [0.25, 0.3) is 6.08 Å². The smallest absolute Gasteiger partial charge is 0.145 e. The van der Waals surface area contributed by atoms with Crippen molar-refractivity contribution in [3.63, 3.8) is 0 Å². The molecule has 3 nitrogen and oxygen atoms in total. The number of nitrogens with one attached hydrogen (secondary N) is 1. The van der Waals surface area contributed by atoms with Gasteiger partial charge in [0.15, 0.2) is 0 Å². The van der Waals surface area contributed by atoms with Gasteiger partial charge in [-0.15, -0.1) is 0 Å². The number of rotatable bonds is 5. The maximum atomic E-state index is 13.6. The highest BCUT2D eigenvalue weighted by Crippen LogP contribution is 2.36. The van der Waals surface area contributed by atoms with Crippen LogP contribution in [0.2, 0.25) is 10.0 Å². The molecule has 0 aromatic heterocycles. The molecule has 1 unspecified atom stereocenters. The summed E-state index contributed by atoms with van der Waals surface area (Å²) in [6.45, 7) is 0.898. The Morgan fingerprint density at radius 3 is 2.76 bits per heavy atom. The van der Waals surface area contributed by atoms with Gasteiger partial charge in [0.25, 0.3) is 0 Å². The van der Waals surface area contributed by atoms with E-state index in [1.165, 1.54) is 6.07 Å². The number of hydrogen-bond acceptors (Lipinski definition) is 3. The third-order valence-corrected chi connectivity index (χ3v) is 4.31. The maximum absolute atomic E-state index is 13.6. The second kappa shape index (κ2) is 7.70. The van der Waals surface area contributed by atoms with E-state index in [1.807, 2.05) is 6.08 Å². The minimum Gasteiger partial charge on any atom is -0.487 e. The lowest BCUT2D eigenvalue weighted by Gasteiger charge is -2.20. The average molecular weight is 386 g/mol. The zero-order valence-corrected chi connectivity index (χ0v) is 14.5. The van der Waals surface area contributed by atoms with Gasteiger partial charge in [0.1, 0.15) is 24.0 Å². The molecule has 1 heterocycles. The van der Waals surface area contributed by atoms with Crippen LogP contribution in [0, 0.1) is 11.6 Å². The summed E-state index contributed by atoms with van der Waals surface area (Å²) >= 11 is 12.1. The Kier molecular flexibility index (Phi) is 5.59. The fourth-order valence-corrected chi connectivity index (χ4v) is 3.18. The van der Waals surface area contributed by atoms with E-state index in [-0.39, 0.29) is 12.1 Å². The van der Waals surface area contributed by atoms with E-state index in [1.54, 1.807) is 12.1 Å². The Balaban J connectivity index is 1.61. The average Bonchev–Trinajstić information content (AvgIpc) is 2.54. The quantitative estimate of drug-likeness (QED) is 0.802. The third-order valence-electron chi connectivity index (χ3n) is 3.81. The fourth-order valence-electron chi connectivity index (χ4n) is 2.62. The highest BCUT2D eigenvalue weighted by atomic mass is 35.5. The van der Waals surface area contributed by atoms with Crippen molar-refractivity contribution in [2.24, 2.45) is 0 Å². The number of hydrogen-bond donors (Lipinski definition) is 2. The van der Waals surface area contributed by atoms with Crippen molar-refractivity contribution in [3.8, 4) is 5.75 Å². The third kappa shape index (κ3) is 4.30. The summed E-state index contributed by atoms with van der Waals surface area (Å²) in [5, 5.41) is 14.0. The molecule has 0 fully saturated rings. The predicted molar refractivity (Wildman–Crippen MR) is 94.1 cm³/mol. The number of fused-ring (bicyclic) bond motifs is 1. The Labute approximate surface area is 153 Å². The Bertz CT molecular complexity index is 827. The van der Waals surface area contributed by atoms with Gasteiger partial charge in [-0.2, -0.15) is 0 Å². The number of ether oxygens (including phenoxy) is 1. The molecule has 0 saturated carbocycles. The van der Waals surface area contributed by atoms with Gasteiger partial charge in [-0.25, -0.2) is 8.78 Å². The van der Waals surface area contributed by atoms with Crippen molar-refractivity contribution >= 4 is 29.3 Å². The second-order valence-electron chi connectivity index (χ2n) is 5.71. The molecule has 0 aliphatic carbocycles. The number of halogens is 4. The van der Waals surface area contributed by atoms with Gasteiger partial charge in [0.05, 0.1) is 11.1 Å². The molecule has 132 valence electrons. The Morgan fingerprint density at radius 2 is 2.00 bits per heavy atom. The fraction of sp³-hybridized carbons (Fsp3) is 0.222. The molecule has 1 aliphatic rings. The number of aliphatic hydroxyl groups excluding tert-OH is 1. The van der Waals surface area contributed by atoms with Crippen molar-refractivity contribution in [1.29, 1.82) is 0 Å². The van der Waals surface area contributed by atoms with Crippen molar-refractivity contribution < 1.29 is 18.6 Å². The summed E-state index contributed by atoms with van der Waals surface area (Å²) in [5.41, 5.74) is 1.76. The van der Waals surface area contributed by atoms with Gasteiger partial charge in [0, 0.05) is 35.3 Å². The van der Waals surface area contributed by atoms with Crippen molar-refractivity contribution in [3.05, 3.63) is 68.7 Å². The van der Waals surface area contributed by atoms with E-state index < -0.39 is 17.7 Å². The highest BCUT2D eigenvalue weighted by Gasteiger charge is 2.17. The molecule has 25 heavy (non-hydrogen) atoms. The van der Waals surface area contributed by atoms with E-state index in [2.05, 4.69) is 5.32 Å². The molecule has 1 aliphatic heterocycles. The van der Waals surface area contributed by atoms with E-state index in [4.69, 9.17) is 27.9 Å². The van der Waals surface area contributed by atoms with Gasteiger partial charge >= 0.3 is 0 Å². The first kappa shape index (κ1) is 18.1. The van der Waals surface area contributed by atoms with Gasteiger partial charge in [-0.3, -0.25) is 0 Å². The first-order chi connectivity index (χ1) is 11.9. The predicted octanol–water partition coefficient (Wildman–Crippen LogP) is 4.37. The Morgan fingerprint density at radius 1 is 1.20 bits per heavy atom. The summed E-state index contributed by atoms with van der Waals surface area (Å²) in [7, 11) is 0. The van der Waals surface area contributed by atoms with Crippen molar-refractivity contribution in [2.75, 3.05) is 19.7 Å². The normalized spacial score (nSPS) is 14.5. The lowest BCUT2D eigenvalue weighted by Crippen LogP contribution is -2.26. The molecule has 1 atom stereocenters. The van der Waals surface area contributed by atoms with Gasteiger partial charge in [-0.1, -0.05) is 29.3 Å². The first-order valence-electron chi connectivity index (χ1n) is 7.59. The highest BCUT2D eigenvalue weighted by molar-refractivity contribution is 6.36. The molecule has 0 amide bonds. The van der Waals surface area contributed by atoms with Crippen LogP contribution >= 0.6 is 23.2 Å². The van der Waals surface area contributed by atoms with Crippen molar-refractivity contribution in [2.45, 2.75) is 6.10 Å². The molecular formula is C18H15Cl2F2NO2. The molecule has 0 radical (unpaired) electrons. The first-order valence-corrected chi connectivity index (χ1v) is 8.34. The molecule has 0 bridgehead atoms. The Hall–Kier alpha value is -1.66. The number of aliphatic hydroxyl groups is 1. The van der Waals surface area contributed by atoms with Crippen LogP contribution in [0.1, 0.15) is 17.2 Å². The zero-order valence-electron chi connectivity index (χ0n) is 13.0. The summed E-state index contributed by atoms with van der Waals surface area (Å²) in [4.78, 5) is 0.